The highest BCUT2D eigenvalue weighted by Gasteiger charge is 2.14. The Hall–Kier alpha value is -1.85. The number of phenols is 1. The topological polar surface area (TPSA) is 55.8 Å². The third kappa shape index (κ3) is 4.73. The van der Waals surface area contributed by atoms with E-state index in [0.717, 1.165) is 0 Å². The van der Waals surface area contributed by atoms with Crippen LogP contribution in [0.2, 0.25) is 0 Å². The van der Waals surface area contributed by atoms with E-state index in [4.69, 9.17) is 0 Å². The van der Waals surface area contributed by atoms with Crippen LogP contribution in [0.4, 0.5) is 0 Å². The number of para-hydroxylation sites is 1. The number of hydrogen-bond donors (Lipinski definition) is 2. The molecule has 19 heavy (non-hydrogen) atoms. The summed E-state index contributed by atoms with van der Waals surface area (Å²) in [7, 11) is 7.55. The predicted molar refractivity (Wildman–Crippen MR) is 76.4 cm³/mol. The summed E-state index contributed by atoms with van der Waals surface area (Å²) in [6.45, 7) is 0. The van der Waals surface area contributed by atoms with E-state index in [0.29, 0.717) is 5.56 Å². The summed E-state index contributed by atoms with van der Waals surface area (Å²) in [5.74, 6) is -0.0565. The molecule has 1 aromatic rings. The molecule has 0 unspecified atom stereocenters. The quantitative estimate of drug-likeness (QED) is 0.613. The van der Waals surface area contributed by atoms with E-state index in [9.17, 15) is 9.90 Å². The number of carbonyl (C=O) groups is 1. The summed E-state index contributed by atoms with van der Waals surface area (Å²) in [4.78, 5) is 15.6. The van der Waals surface area contributed by atoms with Crippen LogP contribution in [-0.2, 0) is 4.79 Å². The van der Waals surface area contributed by atoms with Crippen molar-refractivity contribution in [2.75, 3.05) is 28.2 Å². The maximum Gasteiger partial charge on any atom is 0.246 e. The highest BCUT2D eigenvalue weighted by atomic mass is 16.3. The molecule has 1 rings (SSSR count). The second-order valence-electron chi connectivity index (χ2n) is 4.70. The molecule has 0 aromatic heterocycles. The number of aromatic hydroxyl groups is 1. The van der Waals surface area contributed by atoms with E-state index in [-0.39, 0.29) is 17.9 Å². The van der Waals surface area contributed by atoms with Gasteiger partial charge in [-0.1, -0.05) is 18.2 Å². The van der Waals surface area contributed by atoms with Gasteiger partial charge in [-0.2, -0.15) is 0 Å². The van der Waals surface area contributed by atoms with Gasteiger partial charge in [-0.25, -0.2) is 0 Å². The predicted octanol–water partition coefficient (Wildman–Crippen LogP) is 0.928. The molecule has 2 N–H and O–H groups in total. The van der Waals surface area contributed by atoms with Crippen LogP contribution in [0.15, 0.2) is 30.3 Å². The maximum absolute atomic E-state index is 11.8. The molecular weight excluding hydrogens is 242 g/mol. The molecule has 0 radical (unpaired) electrons. The summed E-state index contributed by atoms with van der Waals surface area (Å²) in [5, 5.41) is 12.4. The smallest absolute Gasteiger partial charge is 0.246 e. The highest BCUT2D eigenvalue weighted by Crippen LogP contribution is 2.16. The van der Waals surface area contributed by atoms with Crippen molar-refractivity contribution in [1.29, 1.82) is 0 Å². The molecule has 0 aliphatic heterocycles. The molecule has 0 atom stereocenters. The van der Waals surface area contributed by atoms with Crippen LogP contribution in [0, 0.1) is 0 Å². The van der Waals surface area contributed by atoms with E-state index >= 15 is 0 Å². The third-order valence-electron chi connectivity index (χ3n) is 2.60. The van der Waals surface area contributed by atoms with Gasteiger partial charge in [0.25, 0.3) is 0 Å². The highest BCUT2D eigenvalue weighted by molar-refractivity contribution is 5.92. The van der Waals surface area contributed by atoms with E-state index in [1.54, 1.807) is 30.3 Å². The first-order valence-corrected chi connectivity index (χ1v) is 6.01. The van der Waals surface area contributed by atoms with Crippen molar-refractivity contribution in [1.82, 2.24) is 15.1 Å². The van der Waals surface area contributed by atoms with Crippen molar-refractivity contribution >= 4 is 12.0 Å². The zero-order chi connectivity index (χ0) is 14.4. The van der Waals surface area contributed by atoms with Crippen LogP contribution >= 0.6 is 0 Å². The normalized spacial score (nSPS) is 11.7. The molecule has 0 bridgehead atoms. The van der Waals surface area contributed by atoms with E-state index < -0.39 is 0 Å². The lowest BCUT2D eigenvalue weighted by atomic mass is 10.2. The molecule has 0 aliphatic rings. The van der Waals surface area contributed by atoms with E-state index in [1.807, 2.05) is 38.0 Å². The van der Waals surface area contributed by atoms with Crippen molar-refractivity contribution < 1.29 is 9.90 Å². The molecule has 1 aromatic carbocycles. The summed E-state index contributed by atoms with van der Waals surface area (Å²) in [5.41, 5.74) is 0.615. The van der Waals surface area contributed by atoms with Crippen LogP contribution in [0.5, 0.6) is 5.75 Å². The van der Waals surface area contributed by atoms with Crippen molar-refractivity contribution in [3.05, 3.63) is 35.9 Å². The Kier molecular flexibility index (Phi) is 5.54. The zero-order valence-electron chi connectivity index (χ0n) is 11.8. The number of nitrogens with zero attached hydrogens (tertiary/aromatic N) is 2. The minimum absolute atomic E-state index is 0.156. The van der Waals surface area contributed by atoms with Gasteiger partial charge in [0.15, 0.2) is 0 Å². The van der Waals surface area contributed by atoms with Crippen LogP contribution in [0.1, 0.15) is 5.56 Å². The first kappa shape index (κ1) is 15.2. The molecule has 0 saturated heterocycles. The number of hydrogen-bond acceptors (Lipinski definition) is 4. The Morgan fingerprint density at radius 2 is 1.79 bits per heavy atom. The first-order valence-electron chi connectivity index (χ1n) is 6.01. The molecule has 1 amide bonds. The largest absolute Gasteiger partial charge is 0.507 e. The van der Waals surface area contributed by atoms with Gasteiger partial charge >= 0.3 is 0 Å². The molecule has 0 aliphatic carbocycles. The molecule has 5 heteroatoms. The van der Waals surface area contributed by atoms with Gasteiger partial charge in [-0.3, -0.25) is 14.6 Å². The average Bonchev–Trinajstić information content (AvgIpc) is 2.34. The Bertz CT molecular complexity index is 448. The number of rotatable bonds is 5. The lowest BCUT2D eigenvalue weighted by molar-refractivity contribution is -0.119. The minimum Gasteiger partial charge on any atom is -0.507 e. The fraction of sp³-hybridized carbons (Fsp3) is 0.357. The number of amides is 1. The number of phenolic OH excluding ortho intramolecular Hbond substituents is 1. The maximum atomic E-state index is 11.8. The summed E-state index contributed by atoms with van der Waals surface area (Å²) in [6, 6.07) is 6.87. The lowest BCUT2D eigenvalue weighted by Crippen LogP contribution is -2.52. The van der Waals surface area contributed by atoms with Crippen LogP contribution in [0.3, 0.4) is 0 Å². The number of carbonyl (C=O) groups excluding carboxylic acids is 1. The monoisotopic (exact) mass is 263 g/mol. The fourth-order valence-corrected chi connectivity index (χ4v) is 1.69. The zero-order valence-corrected chi connectivity index (χ0v) is 11.8. The SMILES string of the molecule is CN(C)C(NC(=O)/C=C/c1ccccc1O)N(C)C. The Balaban J connectivity index is 2.67. The molecule has 0 saturated carbocycles. The third-order valence-corrected chi connectivity index (χ3v) is 2.60. The molecule has 0 heterocycles. The summed E-state index contributed by atoms with van der Waals surface area (Å²) >= 11 is 0. The van der Waals surface area contributed by atoms with Crippen molar-refractivity contribution in [2.24, 2.45) is 0 Å². The van der Waals surface area contributed by atoms with E-state index in [1.165, 1.54) is 6.08 Å². The first-order chi connectivity index (χ1) is 8.91. The van der Waals surface area contributed by atoms with Crippen molar-refractivity contribution in [3.63, 3.8) is 0 Å². The second kappa shape index (κ2) is 6.92. The van der Waals surface area contributed by atoms with Gasteiger partial charge in [-0.15, -0.1) is 0 Å². The second-order valence-corrected chi connectivity index (χ2v) is 4.70. The minimum atomic E-state index is -0.212. The van der Waals surface area contributed by atoms with E-state index in [2.05, 4.69) is 5.32 Å². The van der Waals surface area contributed by atoms with Crippen LogP contribution < -0.4 is 5.32 Å². The number of benzene rings is 1. The van der Waals surface area contributed by atoms with Gasteiger partial charge in [-0.05, 0) is 40.3 Å². The molecular formula is C14H21N3O2. The molecule has 0 fully saturated rings. The fourth-order valence-electron chi connectivity index (χ4n) is 1.69. The van der Waals surface area contributed by atoms with Crippen LogP contribution in [-0.4, -0.2) is 55.3 Å². The van der Waals surface area contributed by atoms with Gasteiger partial charge < -0.3 is 10.4 Å². The Labute approximate surface area is 114 Å². The Morgan fingerprint density at radius 1 is 1.21 bits per heavy atom. The molecule has 5 nitrogen and oxygen atoms in total. The Morgan fingerprint density at radius 3 is 2.32 bits per heavy atom. The summed E-state index contributed by atoms with van der Waals surface area (Å²) < 4.78 is 0. The van der Waals surface area contributed by atoms with Crippen molar-refractivity contribution in [2.45, 2.75) is 6.29 Å². The number of nitrogens with one attached hydrogen (secondary N) is 1. The van der Waals surface area contributed by atoms with Gasteiger partial charge in [0.05, 0.1) is 0 Å². The molecule has 104 valence electrons. The summed E-state index contributed by atoms with van der Waals surface area (Å²) in [6.07, 6.45) is 2.82. The van der Waals surface area contributed by atoms with Gasteiger partial charge in [0, 0.05) is 11.6 Å². The van der Waals surface area contributed by atoms with Crippen LogP contribution in [0.25, 0.3) is 6.08 Å². The van der Waals surface area contributed by atoms with Gasteiger partial charge in [0.2, 0.25) is 5.91 Å². The lowest BCUT2D eigenvalue weighted by Gasteiger charge is -2.30. The van der Waals surface area contributed by atoms with Crippen molar-refractivity contribution in [3.8, 4) is 5.75 Å². The molecule has 0 spiro atoms. The van der Waals surface area contributed by atoms with Gasteiger partial charge in [0.1, 0.15) is 12.0 Å². The standard InChI is InChI=1S/C14H21N3O2/c1-16(2)14(17(3)4)15-13(19)10-9-11-7-5-6-8-12(11)18/h5-10,14,18H,1-4H3,(H,15,19)/b10-9+. The average molecular weight is 263 g/mol.